The highest BCUT2D eigenvalue weighted by molar-refractivity contribution is 7.99. The van der Waals surface area contributed by atoms with Crippen LogP contribution in [0.25, 0.3) is 10.2 Å². The smallest absolute Gasteiger partial charge is 0.260 e. The second-order valence-corrected chi connectivity index (χ2v) is 11.2. The molecule has 2 aromatic carbocycles. The van der Waals surface area contributed by atoms with Gasteiger partial charge in [-0.15, -0.1) is 11.8 Å². The average molecular weight is 473 g/mol. The summed E-state index contributed by atoms with van der Waals surface area (Å²) in [5, 5.41) is 0.482. The molecule has 31 heavy (non-hydrogen) atoms. The van der Waals surface area contributed by atoms with Crippen molar-refractivity contribution in [1.29, 1.82) is 0 Å². The second-order valence-electron chi connectivity index (χ2n) is 6.83. The van der Waals surface area contributed by atoms with Crippen molar-refractivity contribution in [1.82, 2.24) is 4.98 Å². The van der Waals surface area contributed by atoms with E-state index in [9.17, 15) is 13.2 Å². The Balaban J connectivity index is 1.76. The number of benzene rings is 2. The summed E-state index contributed by atoms with van der Waals surface area (Å²) >= 11 is 2.95. The van der Waals surface area contributed by atoms with Gasteiger partial charge in [0.15, 0.2) is 15.0 Å². The summed E-state index contributed by atoms with van der Waals surface area (Å²) in [6.45, 7) is 2.28. The first kappa shape index (κ1) is 21.6. The van der Waals surface area contributed by atoms with Crippen LogP contribution in [-0.4, -0.2) is 31.3 Å². The van der Waals surface area contributed by atoms with E-state index in [1.807, 2.05) is 18.2 Å². The van der Waals surface area contributed by atoms with E-state index in [-0.39, 0.29) is 17.3 Å². The standard InChI is InChI=1S/C22H20N2O4S3/c1-3-29-17-8-4-6-15(12-17)21(25)24(14-16-7-5-11-28-16)22-23-19-10-9-18(31(2,26)27)13-20(19)30-22/h4-13H,3,14H2,1-2H3. The third-order valence-electron chi connectivity index (χ3n) is 4.54. The van der Waals surface area contributed by atoms with Crippen molar-refractivity contribution in [3.63, 3.8) is 0 Å². The molecule has 0 aliphatic carbocycles. The number of amides is 1. The second kappa shape index (κ2) is 8.86. The largest absolute Gasteiger partial charge is 0.467 e. The van der Waals surface area contributed by atoms with Crippen LogP contribution in [0.2, 0.25) is 0 Å². The van der Waals surface area contributed by atoms with Gasteiger partial charge in [-0.05, 0) is 54.3 Å². The fourth-order valence-electron chi connectivity index (χ4n) is 3.06. The van der Waals surface area contributed by atoms with Crippen LogP contribution < -0.4 is 4.90 Å². The van der Waals surface area contributed by atoms with Crippen LogP contribution in [-0.2, 0) is 16.4 Å². The summed E-state index contributed by atoms with van der Waals surface area (Å²) in [4.78, 5) is 20.9. The summed E-state index contributed by atoms with van der Waals surface area (Å²) < 4.78 is 30.0. The number of hydrogen-bond donors (Lipinski definition) is 0. The zero-order valence-corrected chi connectivity index (χ0v) is 19.4. The van der Waals surface area contributed by atoms with Crippen LogP contribution in [0.4, 0.5) is 5.13 Å². The third-order valence-corrected chi connectivity index (χ3v) is 7.57. The number of thiazole rings is 1. The van der Waals surface area contributed by atoms with Crippen molar-refractivity contribution < 1.29 is 17.6 Å². The number of anilines is 1. The number of carbonyl (C=O) groups excluding carboxylic acids is 1. The monoisotopic (exact) mass is 472 g/mol. The quantitative estimate of drug-likeness (QED) is 0.342. The number of nitrogens with zero attached hydrogens (tertiary/aromatic N) is 2. The predicted molar refractivity (Wildman–Crippen MR) is 125 cm³/mol. The normalized spacial score (nSPS) is 11.7. The molecular weight excluding hydrogens is 452 g/mol. The van der Waals surface area contributed by atoms with Gasteiger partial charge in [-0.1, -0.05) is 24.3 Å². The Morgan fingerprint density at radius 3 is 2.71 bits per heavy atom. The van der Waals surface area contributed by atoms with Crippen LogP contribution in [0.5, 0.6) is 0 Å². The molecule has 4 aromatic rings. The maximum Gasteiger partial charge on any atom is 0.260 e. The molecule has 2 heterocycles. The summed E-state index contributed by atoms with van der Waals surface area (Å²) in [6.07, 6.45) is 2.73. The van der Waals surface area contributed by atoms with Crippen molar-refractivity contribution in [2.24, 2.45) is 0 Å². The fraction of sp³-hybridized carbons (Fsp3) is 0.182. The molecule has 0 aliphatic heterocycles. The van der Waals surface area contributed by atoms with Crippen LogP contribution in [0.15, 0.2) is 75.1 Å². The minimum absolute atomic E-state index is 0.197. The summed E-state index contributed by atoms with van der Waals surface area (Å²) in [7, 11) is -3.33. The third kappa shape index (κ3) is 4.84. The van der Waals surface area contributed by atoms with Gasteiger partial charge in [-0.2, -0.15) is 0 Å². The van der Waals surface area contributed by atoms with Crippen LogP contribution in [0.1, 0.15) is 23.0 Å². The molecule has 160 valence electrons. The molecule has 6 nitrogen and oxygen atoms in total. The number of fused-ring (bicyclic) bond motifs is 1. The highest BCUT2D eigenvalue weighted by Crippen LogP contribution is 2.33. The SMILES string of the molecule is CCSc1cccc(C(=O)N(Cc2ccco2)c2nc3ccc(S(C)(=O)=O)cc3s2)c1. The van der Waals surface area contributed by atoms with Gasteiger partial charge in [-0.25, -0.2) is 13.4 Å². The molecule has 0 radical (unpaired) electrons. The van der Waals surface area contributed by atoms with Gasteiger partial charge in [0.05, 0.1) is 27.9 Å². The number of thioether (sulfide) groups is 1. The Kier molecular flexibility index (Phi) is 6.17. The van der Waals surface area contributed by atoms with E-state index < -0.39 is 9.84 Å². The van der Waals surface area contributed by atoms with Gasteiger partial charge < -0.3 is 4.42 Å². The summed E-state index contributed by atoms with van der Waals surface area (Å²) in [5.74, 6) is 1.34. The minimum atomic E-state index is -3.33. The number of aromatic nitrogens is 1. The van der Waals surface area contributed by atoms with E-state index in [0.717, 1.165) is 10.6 Å². The molecule has 9 heteroatoms. The lowest BCUT2D eigenvalue weighted by Crippen LogP contribution is -2.30. The lowest BCUT2D eigenvalue weighted by molar-refractivity contribution is 0.0983. The number of hydrogen-bond acceptors (Lipinski definition) is 7. The van der Waals surface area contributed by atoms with Gasteiger partial charge >= 0.3 is 0 Å². The minimum Gasteiger partial charge on any atom is -0.467 e. The van der Waals surface area contributed by atoms with E-state index in [2.05, 4.69) is 11.9 Å². The molecule has 0 aliphatic rings. The lowest BCUT2D eigenvalue weighted by atomic mass is 10.2. The molecule has 1 amide bonds. The van der Waals surface area contributed by atoms with Crippen LogP contribution >= 0.6 is 23.1 Å². The van der Waals surface area contributed by atoms with Crippen LogP contribution in [0.3, 0.4) is 0 Å². The Bertz CT molecular complexity index is 1330. The number of sulfone groups is 1. The van der Waals surface area contributed by atoms with Gasteiger partial charge in [0.1, 0.15) is 5.76 Å². The number of furan rings is 1. The molecule has 0 saturated carbocycles. The molecule has 0 bridgehead atoms. The number of rotatable bonds is 7. The Hall–Kier alpha value is -2.62. The van der Waals surface area contributed by atoms with E-state index in [1.54, 1.807) is 53.3 Å². The molecule has 0 N–H and O–H groups in total. The first-order valence-corrected chi connectivity index (χ1v) is 13.2. The molecule has 0 fully saturated rings. The predicted octanol–water partition coefficient (Wildman–Crippen LogP) is 5.25. The topological polar surface area (TPSA) is 80.5 Å². The van der Waals surface area contributed by atoms with Gasteiger partial charge in [0.25, 0.3) is 5.91 Å². The Labute approximate surface area is 188 Å². The highest BCUT2D eigenvalue weighted by atomic mass is 32.2. The molecule has 4 rings (SSSR count). The first-order chi connectivity index (χ1) is 14.8. The maximum atomic E-state index is 13.5. The van der Waals surface area contributed by atoms with Crippen molar-refractivity contribution in [2.75, 3.05) is 16.9 Å². The van der Waals surface area contributed by atoms with Crippen molar-refractivity contribution in [3.8, 4) is 0 Å². The Morgan fingerprint density at radius 1 is 1.16 bits per heavy atom. The van der Waals surface area contributed by atoms with E-state index in [4.69, 9.17) is 4.42 Å². The summed E-state index contributed by atoms with van der Waals surface area (Å²) in [5.41, 5.74) is 1.20. The first-order valence-electron chi connectivity index (χ1n) is 9.53. The van der Waals surface area contributed by atoms with Crippen molar-refractivity contribution >= 4 is 54.2 Å². The van der Waals surface area contributed by atoms with E-state index >= 15 is 0 Å². The van der Waals surface area contributed by atoms with E-state index in [1.165, 1.54) is 23.7 Å². The number of carbonyl (C=O) groups is 1. The molecular formula is C22H20N2O4S3. The molecule has 0 spiro atoms. The maximum absolute atomic E-state index is 13.5. The van der Waals surface area contributed by atoms with Crippen molar-refractivity contribution in [3.05, 3.63) is 72.2 Å². The summed E-state index contributed by atoms with van der Waals surface area (Å²) in [6, 6.07) is 15.9. The zero-order chi connectivity index (χ0) is 22.0. The highest BCUT2D eigenvalue weighted by Gasteiger charge is 2.23. The molecule has 0 saturated heterocycles. The van der Waals surface area contributed by atoms with E-state index in [0.29, 0.717) is 26.7 Å². The average Bonchev–Trinajstić information content (AvgIpc) is 3.40. The van der Waals surface area contributed by atoms with Gasteiger partial charge in [0.2, 0.25) is 0 Å². The Morgan fingerprint density at radius 2 is 2.00 bits per heavy atom. The molecule has 0 atom stereocenters. The van der Waals surface area contributed by atoms with Gasteiger partial charge in [0, 0.05) is 16.7 Å². The zero-order valence-electron chi connectivity index (χ0n) is 16.9. The van der Waals surface area contributed by atoms with Crippen LogP contribution in [0, 0.1) is 0 Å². The lowest BCUT2D eigenvalue weighted by Gasteiger charge is -2.19. The molecule has 0 unspecified atom stereocenters. The fourth-order valence-corrected chi connectivity index (χ4v) is 5.51. The van der Waals surface area contributed by atoms with Gasteiger partial charge in [-0.3, -0.25) is 9.69 Å². The molecule has 2 aromatic heterocycles. The van der Waals surface area contributed by atoms with Crippen molar-refractivity contribution in [2.45, 2.75) is 23.3 Å².